The summed E-state index contributed by atoms with van der Waals surface area (Å²) in [6, 6.07) is 11.6. The van der Waals surface area contributed by atoms with E-state index in [0.29, 0.717) is 12.6 Å². The smallest absolute Gasteiger partial charge is 0.106 e. The monoisotopic (exact) mass is 226 g/mol. The molecule has 1 saturated carbocycles. The van der Waals surface area contributed by atoms with E-state index < -0.39 is 0 Å². The van der Waals surface area contributed by atoms with Crippen molar-refractivity contribution in [3.05, 3.63) is 29.8 Å². The molecule has 0 N–H and O–H groups in total. The Morgan fingerprint density at radius 2 is 2.06 bits per heavy atom. The van der Waals surface area contributed by atoms with Crippen molar-refractivity contribution < 1.29 is 0 Å². The maximum absolute atomic E-state index is 9.04. The summed E-state index contributed by atoms with van der Waals surface area (Å²) in [5.74, 6) is 0.770. The Kier molecular flexibility index (Phi) is 2.76. The van der Waals surface area contributed by atoms with Crippen molar-refractivity contribution in [1.29, 1.82) is 5.26 Å². The molecule has 0 saturated heterocycles. The fraction of sp³-hybridized carbons (Fsp3) is 0.533. The van der Waals surface area contributed by atoms with E-state index in [-0.39, 0.29) is 0 Å². The Balaban J connectivity index is 1.99. The highest BCUT2D eigenvalue weighted by Gasteiger charge is 2.35. The number of hydrogen-bond acceptors (Lipinski definition) is 2. The molecule has 17 heavy (non-hydrogen) atoms. The van der Waals surface area contributed by atoms with Gasteiger partial charge in [0.15, 0.2) is 0 Å². The van der Waals surface area contributed by atoms with E-state index in [1.807, 2.05) is 0 Å². The van der Waals surface area contributed by atoms with Crippen LogP contribution < -0.4 is 4.90 Å². The molecular formula is C15H18N2. The Morgan fingerprint density at radius 1 is 1.24 bits per heavy atom. The molecular weight excluding hydrogens is 208 g/mol. The second-order valence-corrected chi connectivity index (χ2v) is 5.23. The summed E-state index contributed by atoms with van der Waals surface area (Å²) in [6.45, 7) is 0.540. The van der Waals surface area contributed by atoms with Crippen LogP contribution in [0.4, 0.5) is 5.69 Å². The normalized spacial score (nSPS) is 26.9. The first-order valence-electron chi connectivity index (χ1n) is 6.61. The van der Waals surface area contributed by atoms with Gasteiger partial charge in [0, 0.05) is 11.7 Å². The highest BCUT2D eigenvalue weighted by Crippen LogP contribution is 2.40. The molecule has 0 radical (unpaired) electrons. The van der Waals surface area contributed by atoms with Crippen LogP contribution in [0.5, 0.6) is 0 Å². The lowest BCUT2D eigenvalue weighted by Gasteiger charge is -2.45. The van der Waals surface area contributed by atoms with Crippen LogP contribution in [-0.4, -0.2) is 12.6 Å². The van der Waals surface area contributed by atoms with Crippen LogP contribution in [0.15, 0.2) is 24.3 Å². The van der Waals surface area contributed by atoms with Crippen molar-refractivity contribution in [2.45, 2.75) is 38.1 Å². The van der Waals surface area contributed by atoms with Gasteiger partial charge in [-0.2, -0.15) is 5.26 Å². The van der Waals surface area contributed by atoms with E-state index in [9.17, 15) is 0 Å². The molecule has 2 atom stereocenters. The van der Waals surface area contributed by atoms with Gasteiger partial charge in [-0.25, -0.2) is 0 Å². The zero-order valence-corrected chi connectivity index (χ0v) is 10.1. The topological polar surface area (TPSA) is 27.0 Å². The second-order valence-electron chi connectivity index (χ2n) is 5.23. The van der Waals surface area contributed by atoms with Gasteiger partial charge in [-0.3, -0.25) is 0 Å². The fourth-order valence-electron chi connectivity index (χ4n) is 3.54. The number of rotatable bonds is 1. The average Bonchev–Trinajstić information content (AvgIpc) is 2.39. The van der Waals surface area contributed by atoms with E-state index >= 15 is 0 Å². The summed E-state index contributed by atoms with van der Waals surface area (Å²) < 4.78 is 0. The zero-order chi connectivity index (χ0) is 11.7. The number of para-hydroxylation sites is 1. The number of anilines is 1. The molecule has 1 aliphatic heterocycles. The maximum atomic E-state index is 9.04. The van der Waals surface area contributed by atoms with Crippen molar-refractivity contribution in [2.75, 3.05) is 11.4 Å². The van der Waals surface area contributed by atoms with E-state index in [0.717, 1.165) is 5.92 Å². The fourth-order valence-corrected chi connectivity index (χ4v) is 3.54. The van der Waals surface area contributed by atoms with Gasteiger partial charge in [0.1, 0.15) is 6.54 Å². The first-order chi connectivity index (χ1) is 8.40. The van der Waals surface area contributed by atoms with Gasteiger partial charge in [0.25, 0.3) is 0 Å². The second kappa shape index (κ2) is 4.41. The third-order valence-corrected chi connectivity index (χ3v) is 4.29. The Hall–Kier alpha value is -1.49. The molecule has 2 aliphatic rings. The van der Waals surface area contributed by atoms with Gasteiger partial charge in [0.2, 0.25) is 0 Å². The first-order valence-corrected chi connectivity index (χ1v) is 6.61. The third kappa shape index (κ3) is 1.80. The molecule has 1 heterocycles. The molecule has 0 bridgehead atoms. The highest BCUT2D eigenvalue weighted by atomic mass is 15.2. The third-order valence-electron chi connectivity index (χ3n) is 4.29. The van der Waals surface area contributed by atoms with E-state index in [2.05, 4.69) is 35.2 Å². The van der Waals surface area contributed by atoms with Crippen LogP contribution in [0.1, 0.15) is 31.2 Å². The lowest BCUT2D eigenvalue weighted by atomic mass is 9.76. The van der Waals surface area contributed by atoms with Gasteiger partial charge >= 0.3 is 0 Å². The minimum absolute atomic E-state index is 0.540. The summed E-state index contributed by atoms with van der Waals surface area (Å²) in [4.78, 5) is 2.35. The Bertz CT molecular complexity index is 446. The van der Waals surface area contributed by atoms with Crippen molar-refractivity contribution >= 4 is 5.69 Å². The van der Waals surface area contributed by atoms with E-state index in [1.165, 1.54) is 43.4 Å². The van der Waals surface area contributed by atoms with Crippen molar-refractivity contribution in [1.82, 2.24) is 0 Å². The SMILES string of the molecule is N#CCN1c2ccccc2C[C@@H]2CCCC[C@H]21. The number of hydrogen-bond donors (Lipinski definition) is 0. The predicted octanol–water partition coefficient (Wildman–Crippen LogP) is 3.13. The molecule has 1 aliphatic carbocycles. The standard InChI is InChI=1S/C15H18N2/c16-9-10-17-14-7-3-1-5-12(14)11-13-6-2-4-8-15(13)17/h1,3,5,7,13,15H,2,4,6,8,10-11H2/t13-,15+/m0/s1. The van der Waals surface area contributed by atoms with Crippen LogP contribution in [0.25, 0.3) is 0 Å². The van der Waals surface area contributed by atoms with Crippen LogP contribution >= 0.6 is 0 Å². The Labute approximate surface area is 103 Å². The minimum atomic E-state index is 0.540. The molecule has 0 aromatic heterocycles. The van der Waals surface area contributed by atoms with E-state index in [1.54, 1.807) is 0 Å². The summed E-state index contributed by atoms with van der Waals surface area (Å²) >= 11 is 0. The molecule has 3 rings (SSSR count). The van der Waals surface area contributed by atoms with Gasteiger partial charge < -0.3 is 4.90 Å². The average molecular weight is 226 g/mol. The van der Waals surface area contributed by atoms with Crippen LogP contribution in [0.3, 0.4) is 0 Å². The molecule has 0 spiro atoms. The minimum Gasteiger partial charge on any atom is -0.355 e. The number of benzene rings is 1. The first kappa shape index (κ1) is 10.7. The summed E-state index contributed by atoms with van der Waals surface area (Å²) in [5, 5.41) is 9.04. The number of nitrogens with zero attached hydrogens (tertiary/aromatic N) is 2. The molecule has 2 nitrogen and oxygen atoms in total. The van der Waals surface area contributed by atoms with Gasteiger partial charge in [-0.1, -0.05) is 31.0 Å². The highest BCUT2D eigenvalue weighted by molar-refractivity contribution is 5.57. The van der Waals surface area contributed by atoms with Crippen LogP contribution in [0, 0.1) is 17.2 Å². The molecule has 1 aromatic carbocycles. The summed E-state index contributed by atoms with van der Waals surface area (Å²) in [7, 11) is 0. The summed E-state index contributed by atoms with van der Waals surface area (Å²) in [6.07, 6.45) is 6.50. The largest absolute Gasteiger partial charge is 0.355 e. The lowest BCUT2D eigenvalue weighted by Crippen LogP contribution is -2.47. The number of fused-ring (bicyclic) bond motifs is 2. The lowest BCUT2D eigenvalue weighted by molar-refractivity contribution is 0.283. The van der Waals surface area contributed by atoms with Gasteiger partial charge in [-0.15, -0.1) is 0 Å². The number of nitriles is 1. The Morgan fingerprint density at radius 3 is 2.94 bits per heavy atom. The van der Waals surface area contributed by atoms with E-state index in [4.69, 9.17) is 5.26 Å². The molecule has 1 fully saturated rings. The molecule has 0 unspecified atom stereocenters. The predicted molar refractivity (Wildman–Crippen MR) is 68.9 cm³/mol. The van der Waals surface area contributed by atoms with Crippen molar-refractivity contribution in [2.24, 2.45) is 5.92 Å². The quantitative estimate of drug-likeness (QED) is 0.688. The zero-order valence-electron chi connectivity index (χ0n) is 10.1. The molecule has 1 aromatic rings. The molecule has 0 amide bonds. The van der Waals surface area contributed by atoms with Crippen LogP contribution in [-0.2, 0) is 6.42 Å². The van der Waals surface area contributed by atoms with Gasteiger partial charge in [0.05, 0.1) is 6.07 Å². The van der Waals surface area contributed by atoms with Crippen molar-refractivity contribution in [3.63, 3.8) is 0 Å². The van der Waals surface area contributed by atoms with Crippen molar-refractivity contribution in [3.8, 4) is 6.07 Å². The van der Waals surface area contributed by atoms with Crippen LogP contribution in [0.2, 0.25) is 0 Å². The maximum Gasteiger partial charge on any atom is 0.106 e. The summed E-state index contributed by atoms with van der Waals surface area (Å²) in [5.41, 5.74) is 2.74. The molecule has 88 valence electrons. The molecule has 2 heteroatoms. The van der Waals surface area contributed by atoms with Gasteiger partial charge in [-0.05, 0) is 36.8 Å².